The molecule has 0 aliphatic rings. The van der Waals surface area contributed by atoms with E-state index in [1.54, 1.807) is 6.08 Å². The zero-order chi connectivity index (χ0) is 13.0. The van der Waals surface area contributed by atoms with Crippen molar-refractivity contribution in [2.75, 3.05) is 0 Å². The van der Waals surface area contributed by atoms with Crippen molar-refractivity contribution in [1.29, 1.82) is 0 Å². The fourth-order valence-electron chi connectivity index (χ4n) is 1.66. The minimum Gasteiger partial charge on any atom is -0.288 e. The molecule has 1 aromatic heterocycles. The Morgan fingerprint density at radius 2 is 1.89 bits per heavy atom. The predicted octanol–water partition coefficient (Wildman–Crippen LogP) is 4.77. The van der Waals surface area contributed by atoms with Crippen molar-refractivity contribution >= 4 is 23.2 Å². The number of hydrogen-bond donors (Lipinski definition) is 0. The van der Waals surface area contributed by atoms with Crippen molar-refractivity contribution in [2.45, 2.75) is 19.8 Å². The molecule has 0 bridgehead atoms. The van der Waals surface area contributed by atoms with Crippen molar-refractivity contribution < 1.29 is 4.79 Å². The fourth-order valence-corrected chi connectivity index (χ4v) is 2.31. The Bertz CT molecular complexity index is 533. The van der Waals surface area contributed by atoms with Crippen molar-refractivity contribution in [1.82, 2.24) is 0 Å². The molecule has 0 unspecified atom stereocenters. The van der Waals surface area contributed by atoms with Crippen LogP contribution in [0.3, 0.4) is 0 Å². The molecule has 2 heteroatoms. The second kappa shape index (κ2) is 5.78. The van der Waals surface area contributed by atoms with Crippen LogP contribution in [0.25, 0.3) is 6.08 Å². The molecular weight excluding hydrogens is 240 g/mol. The van der Waals surface area contributed by atoms with Gasteiger partial charge in [0, 0.05) is 0 Å². The largest absolute Gasteiger partial charge is 0.288 e. The zero-order valence-electron chi connectivity index (χ0n) is 10.6. The first-order valence-corrected chi connectivity index (χ1v) is 6.90. The van der Waals surface area contributed by atoms with Crippen LogP contribution in [0.1, 0.15) is 40.6 Å². The van der Waals surface area contributed by atoms with Gasteiger partial charge in [-0.05, 0) is 34.6 Å². The molecule has 0 aliphatic heterocycles. The maximum absolute atomic E-state index is 11.8. The van der Waals surface area contributed by atoms with E-state index in [1.807, 2.05) is 35.7 Å². The molecule has 0 fully saturated rings. The van der Waals surface area contributed by atoms with Crippen molar-refractivity contribution in [3.8, 4) is 0 Å². The number of hydrogen-bond acceptors (Lipinski definition) is 2. The number of allylic oxidation sites excluding steroid dienone is 1. The molecule has 2 rings (SSSR count). The number of benzene rings is 1. The molecule has 1 nitrogen and oxygen atoms in total. The van der Waals surface area contributed by atoms with Crippen molar-refractivity contribution in [3.63, 3.8) is 0 Å². The van der Waals surface area contributed by atoms with Gasteiger partial charge in [-0.1, -0.05) is 50.3 Å². The van der Waals surface area contributed by atoms with Gasteiger partial charge < -0.3 is 0 Å². The summed E-state index contributed by atoms with van der Waals surface area (Å²) in [6, 6.07) is 12.1. The summed E-state index contributed by atoms with van der Waals surface area (Å²) in [5, 5.41) is 1.92. The van der Waals surface area contributed by atoms with Crippen LogP contribution in [0.15, 0.2) is 47.9 Å². The lowest BCUT2D eigenvalue weighted by Gasteiger charge is -2.04. The summed E-state index contributed by atoms with van der Waals surface area (Å²) in [5.41, 5.74) is 2.38. The predicted molar refractivity (Wildman–Crippen MR) is 78.2 cm³/mol. The Balaban J connectivity index is 2.07. The molecular formula is C16H16OS. The second-order valence-electron chi connectivity index (χ2n) is 4.50. The number of rotatable bonds is 4. The Labute approximate surface area is 112 Å². The van der Waals surface area contributed by atoms with E-state index in [4.69, 9.17) is 0 Å². The number of carbonyl (C=O) groups excluding carboxylic acids is 1. The highest BCUT2D eigenvalue weighted by atomic mass is 32.1. The summed E-state index contributed by atoms with van der Waals surface area (Å²) in [7, 11) is 0. The van der Waals surface area contributed by atoms with Crippen LogP contribution in [-0.2, 0) is 0 Å². The van der Waals surface area contributed by atoms with E-state index in [0.717, 1.165) is 10.4 Å². The molecule has 0 saturated heterocycles. The quantitative estimate of drug-likeness (QED) is 0.569. The summed E-state index contributed by atoms with van der Waals surface area (Å²) < 4.78 is 0. The van der Waals surface area contributed by atoms with E-state index in [2.05, 4.69) is 26.0 Å². The average Bonchev–Trinajstić information content (AvgIpc) is 2.90. The van der Waals surface area contributed by atoms with Crippen LogP contribution in [0, 0.1) is 0 Å². The second-order valence-corrected chi connectivity index (χ2v) is 5.44. The Kier molecular flexibility index (Phi) is 4.11. The Morgan fingerprint density at radius 3 is 2.44 bits per heavy atom. The Morgan fingerprint density at radius 1 is 1.17 bits per heavy atom. The van der Waals surface area contributed by atoms with Crippen LogP contribution in [0.2, 0.25) is 0 Å². The Hall–Kier alpha value is -1.67. The van der Waals surface area contributed by atoms with Crippen LogP contribution < -0.4 is 0 Å². The van der Waals surface area contributed by atoms with Gasteiger partial charge in [0.25, 0.3) is 0 Å². The SMILES string of the molecule is CC(C)c1ccc(C=CC(=O)c2cccs2)cc1. The first-order valence-electron chi connectivity index (χ1n) is 6.02. The van der Waals surface area contributed by atoms with E-state index in [0.29, 0.717) is 5.92 Å². The third-order valence-electron chi connectivity index (χ3n) is 2.79. The van der Waals surface area contributed by atoms with Crippen molar-refractivity contribution in [3.05, 3.63) is 63.9 Å². The van der Waals surface area contributed by atoms with E-state index < -0.39 is 0 Å². The smallest absolute Gasteiger partial charge is 0.195 e. The maximum atomic E-state index is 11.8. The highest BCUT2D eigenvalue weighted by Gasteiger charge is 2.01. The molecule has 1 heterocycles. The van der Waals surface area contributed by atoms with Crippen LogP contribution in [0.4, 0.5) is 0 Å². The summed E-state index contributed by atoms with van der Waals surface area (Å²) in [5.74, 6) is 0.605. The lowest BCUT2D eigenvalue weighted by Crippen LogP contribution is -1.89. The molecule has 18 heavy (non-hydrogen) atoms. The normalized spacial score (nSPS) is 11.3. The van der Waals surface area contributed by atoms with Gasteiger partial charge in [-0.3, -0.25) is 4.79 Å². The molecule has 0 amide bonds. The summed E-state index contributed by atoms with van der Waals surface area (Å²) in [4.78, 5) is 12.6. The summed E-state index contributed by atoms with van der Waals surface area (Å²) in [6.45, 7) is 4.34. The van der Waals surface area contributed by atoms with Gasteiger partial charge in [0.05, 0.1) is 4.88 Å². The molecule has 2 aromatic rings. The number of thiophene rings is 1. The van der Waals surface area contributed by atoms with Crippen LogP contribution in [0.5, 0.6) is 0 Å². The monoisotopic (exact) mass is 256 g/mol. The lowest BCUT2D eigenvalue weighted by atomic mass is 10.0. The van der Waals surface area contributed by atoms with Crippen LogP contribution in [-0.4, -0.2) is 5.78 Å². The fraction of sp³-hybridized carbons (Fsp3) is 0.188. The van der Waals surface area contributed by atoms with Gasteiger partial charge in [-0.15, -0.1) is 11.3 Å². The lowest BCUT2D eigenvalue weighted by molar-refractivity contribution is 0.105. The van der Waals surface area contributed by atoms with E-state index >= 15 is 0 Å². The van der Waals surface area contributed by atoms with E-state index in [1.165, 1.54) is 16.9 Å². The summed E-state index contributed by atoms with van der Waals surface area (Å²) in [6.07, 6.45) is 3.50. The molecule has 0 spiro atoms. The standard InChI is InChI=1S/C16H16OS/c1-12(2)14-8-5-13(6-9-14)7-10-15(17)16-4-3-11-18-16/h3-12H,1-2H3. The molecule has 0 N–H and O–H groups in total. The highest BCUT2D eigenvalue weighted by Crippen LogP contribution is 2.16. The van der Waals surface area contributed by atoms with Gasteiger partial charge in [0.2, 0.25) is 0 Å². The average molecular weight is 256 g/mol. The van der Waals surface area contributed by atoms with E-state index in [9.17, 15) is 4.79 Å². The third kappa shape index (κ3) is 3.17. The minimum atomic E-state index is 0.0675. The van der Waals surface area contributed by atoms with Gasteiger partial charge in [0.1, 0.15) is 0 Å². The number of ketones is 1. The third-order valence-corrected chi connectivity index (χ3v) is 3.68. The zero-order valence-corrected chi connectivity index (χ0v) is 11.4. The van der Waals surface area contributed by atoms with Gasteiger partial charge >= 0.3 is 0 Å². The summed E-state index contributed by atoms with van der Waals surface area (Å²) >= 11 is 1.47. The molecule has 92 valence electrons. The van der Waals surface area contributed by atoms with Gasteiger partial charge in [0.15, 0.2) is 5.78 Å². The minimum absolute atomic E-state index is 0.0675. The first-order chi connectivity index (χ1) is 8.66. The first kappa shape index (κ1) is 12.8. The van der Waals surface area contributed by atoms with E-state index in [-0.39, 0.29) is 5.78 Å². The number of carbonyl (C=O) groups is 1. The van der Waals surface area contributed by atoms with Crippen molar-refractivity contribution in [2.24, 2.45) is 0 Å². The maximum Gasteiger partial charge on any atom is 0.195 e. The van der Waals surface area contributed by atoms with Crippen LogP contribution >= 0.6 is 11.3 Å². The van der Waals surface area contributed by atoms with Gasteiger partial charge in [-0.25, -0.2) is 0 Å². The molecule has 0 atom stereocenters. The highest BCUT2D eigenvalue weighted by molar-refractivity contribution is 7.12. The molecule has 1 aromatic carbocycles. The van der Waals surface area contributed by atoms with Gasteiger partial charge in [-0.2, -0.15) is 0 Å². The topological polar surface area (TPSA) is 17.1 Å². The molecule has 0 radical (unpaired) electrons. The molecule has 0 aliphatic carbocycles. The molecule has 0 saturated carbocycles.